The molecule has 2 aromatic heterocycles. The van der Waals surface area contributed by atoms with Crippen molar-refractivity contribution in [3.05, 3.63) is 60.9 Å². The highest BCUT2D eigenvalue weighted by molar-refractivity contribution is 7.17. The average molecular weight is 397 g/mol. The zero-order valence-electron chi connectivity index (χ0n) is 13.3. The first-order valence-corrected chi connectivity index (χ1v) is 9.24. The minimum atomic E-state index is -1.13. The van der Waals surface area contributed by atoms with E-state index in [1.807, 2.05) is 6.92 Å². The first-order chi connectivity index (χ1) is 11.9. The Morgan fingerprint density at radius 3 is 2.72 bits per heavy atom. The third-order valence-corrected chi connectivity index (χ3v) is 5.41. The van der Waals surface area contributed by atoms with E-state index >= 15 is 0 Å². The van der Waals surface area contributed by atoms with E-state index < -0.39 is 5.97 Å². The van der Waals surface area contributed by atoms with Crippen molar-refractivity contribution in [2.75, 3.05) is 0 Å². The summed E-state index contributed by atoms with van der Waals surface area (Å²) in [5.41, 5.74) is 0.434. The number of hydrogen-bond acceptors (Lipinski definition) is 4. The number of benzene rings is 1. The minimum Gasteiger partial charge on any atom is -0.478 e. The van der Waals surface area contributed by atoms with Crippen LogP contribution in [0.15, 0.2) is 28.4 Å². The summed E-state index contributed by atoms with van der Waals surface area (Å²) in [6, 6.07) is 5.15. The smallest absolute Gasteiger partial charge is 0.337 e. The first-order valence-electron chi connectivity index (χ1n) is 7.60. The Balaban J connectivity index is 2.19. The van der Waals surface area contributed by atoms with Crippen LogP contribution < -0.4 is 5.56 Å². The zero-order valence-corrected chi connectivity index (χ0v) is 15.6. The second kappa shape index (κ2) is 7.15. The highest BCUT2D eigenvalue weighted by Crippen LogP contribution is 2.25. The van der Waals surface area contributed by atoms with Crippen LogP contribution in [0.4, 0.5) is 0 Å². The summed E-state index contributed by atoms with van der Waals surface area (Å²) in [5, 5.41) is 11.8. The molecule has 130 valence electrons. The molecule has 3 rings (SSSR count). The quantitative estimate of drug-likeness (QED) is 0.690. The van der Waals surface area contributed by atoms with Crippen LogP contribution in [0.5, 0.6) is 0 Å². The number of nitrogens with zero attached hydrogens (tertiary/aromatic N) is 2. The lowest BCUT2D eigenvalue weighted by molar-refractivity contribution is 0.0699. The van der Waals surface area contributed by atoms with Crippen molar-refractivity contribution in [3.8, 4) is 0 Å². The first kappa shape index (κ1) is 17.9. The topological polar surface area (TPSA) is 72.2 Å². The van der Waals surface area contributed by atoms with Gasteiger partial charge in [0.2, 0.25) is 0 Å². The summed E-state index contributed by atoms with van der Waals surface area (Å²) in [5.74, 6) is -0.501. The number of aryl methyl sites for hydroxylation is 1. The Hall–Kier alpha value is -1.89. The number of fused-ring (bicyclic) bond motifs is 1. The van der Waals surface area contributed by atoms with Crippen LogP contribution in [0.3, 0.4) is 0 Å². The van der Waals surface area contributed by atoms with E-state index in [1.54, 1.807) is 18.2 Å². The molecule has 25 heavy (non-hydrogen) atoms. The molecule has 0 saturated carbocycles. The van der Waals surface area contributed by atoms with Gasteiger partial charge in [0.1, 0.15) is 10.7 Å². The molecule has 0 saturated heterocycles. The number of aromatic carboxylic acids is 1. The van der Waals surface area contributed by atoms with Crippen molar-refractivity contribution < 1.29 is 9.90 Å². The molecular formula is C17H14Cl2N2O3S. The Morgan fingerprint density at radius 1 is 1.32 bits per heavy atom. The van der Waals surface area contributed by atoms with Gasteiger partial charge < -0.3 is 5.11 Å². The van der Waals surface area contributed by atoms with Crippen molar-refractivity contribution in [1.29, 1.82) is 0 Å². The fourth-order valence-electron chi connectivity index (χ4n) is 2.62. The molecule has 8 heteroatoms. The maximum Gasteiger partial charge on any atom is 0.337 e. The average Bonchev–Trinajstić information content (AvgIpc) is 2.99. The van der Waals surface area contributed by atoms with Crippen molar-refractivity contribution >= 4 is 50.7 Å². The molecule has 0 unspecified atom stereocenters. The summed E-state index contributed by atoms with van der Waals surface area (Å²) in [7, 11) is 0. The number of carbonyl (C=O) groups is 1. The SMILES string of the molecule is CCCc1nc2scc(C(=O)O)c2c(=O)n1Cc1ccc(Cl)c(Cl)c1. The van der Waals surface area contributed by atoms with Crippen LogP contribution >= 0.6 is 34.5 Å². The maximum absolute atomic E-state index is 13.0. The summed E-state index contributed by atoms with van der Waals surface area (Å²) >= 11 is 13.2. The van der Waals surface area contributed by atoms with Crippen molar-refractivity contribution in [3.63, 3.8) is 0 Å². The molecule has 3 aromatic rings. The van der Waals surface area contributed by atoms with E-state index in [4.69, 9.17) is 23.2 Å². The summed E-state index contributed by atoms with van der Waals surface area (Å²) in [6.07, 6.45) is 1.43. The van der Waals surface area contributed by atoms with E-state index in [2.05, 4.69) is 4.98 Å². The summed E-state index contributed by atoms with van der Waals surface area (Å²) in [6.45, 7) is 2.25. The summed E-state index contributed by atoms with van der Waals surface area (Å²) < 4.78 is 1.52. The Bertz CT molecular complexity index is 1030. The number of aromatic nitrogens is 2. The molecule has 0 amide bonds. The van der Waals surface area contributed by atoms with E-state index in [9.17, 15) is 14.7 Å². The van der Waals surface area contributed by atoms with Gasteiger partial charge in [0.25, 0.3) is 5.56 Å². The molecule has 0 aliphatic rings. The van der Waals surface area contributed by atoms with Gasteiger partial charge in [0.05, 0.1) is 27.5 Å². The van der Waals surface area contributed by atoms with Gasteiger partial charge in [0.15, 0.2) is 0 Å². The number of hydrogen-bond donors (Lipinski definition) is 1. The van der Waals surface area contributed by atoms with Gasteiger partial charge in [-0.25, -0.2) is 9.78 Å². The van der Waals surface area contributed by atoms with Gasteiger partial charge in [0, 0.05) is 11.8 Å². The lowest BCUT2D eigenvalue weighted by Crippen LogP contribution is -2.26. The van der Waals surface area contributed by atoms with Crippen LogP contribution in [-0.4, -0.2) is 20.6 Å². The molecule has 0 bridgehead atoms. The molecule has 0 atom stereocenters. The molecule has 0 radical (unpaired) electrons. The monoisotopic (exact) mass is 396 g/mol. The number of rotatable bonds is 5. The molecule has 0 spiro atoms. The summed E-state index contributed by atoms with van der Waals surface area (Å²) in [4.78, 5) is 29.3. The van der Waals surface area contributed by atoms with E-state index in [1.165, 1.54) is 21.3 Å². The number of halogens is 2. The normalized spacial score (nSPS) is 11.2. The minimum absolute atomic E-state index is 0.0107. The fraction of sp³-hybridized carbons (Fsp3) is 0.235. The Kier molecular flexibility index (Phi) is 5.13. The van der Waals surface area contributed by atoms with Crippen molar-refractivity contribution in [1.82, 2.24) is 9.55 Å². The van der Waals surface area contributed by atoms with Gasteiger partial charge in [-0.2, -0.15) is 0 Å². The van der Waals surface area contributed by atoms with E-state index in [0.717, 1.165) is 12.0 Å². The van der Waals surface area contributed by atoms with Gasteiger partial charge in [-0.3, -0.25) is 9.36 Å². The van der Waals surface area contributed by atoms with Gasteiger partial charge in [-0.1, -0.05) is 36.2 Å². The van der Waals surface area contributed by atoms with Gasteiger partial charge >= 0.3 is 5.97 Å². The second-order valence-electron chi connectivity index (χ2n) is 5.55. The standard InChI is InChI=1S/C17H14Cl2N2O3S/c1-2-3-13-20-15-14(10(8-25-15)17(23)24)16(22)21(13)7-9-4-5-11(18)12(19)6-9/h4-6,8H,2-3,7H2,1H3,(H,23,24). The highest BCUT2D eigenvalue weighted by Gasteiger charge is 2.19. The molecule has 5 nitrogen and oxygen atoms in total. The van der Waals surface area contributed by atoms with Crippen LogP contribution in [0.25, 0.3) is 10.2 Å². The predicted molar refractivity (Wildman–Crippen MR) is 100 cm³/mol. The van der Waals surface area contributed by atoms with Crippen LogP contribution in [0.2, 0.25) is 10.0 Å². The molecule has 0 fully saturated rings. The van der Waals surface area contributed by atoms with Crippen molar-refractivity contribution in [2.45, 2.75) is 26.3 Å². The third-order valence-electron chi connectivity index (χ3n) is 3.80. The molecular weight excluding hydrogens is 383 g/mol. The Labute approximate surface area is 157 Å². The lowest BCUT2D eigenvalue weighted by atomic mass is 10.2. The molecule has 0 aliphatic heterocycles. The highest BCUT2D eigenvalue weighted by atomic mass is 35.5. The molecule has 2 heterocycles. The van der Waals surface area contributed by atoms with Gasteiger partial charge in [-0.05, 0) is 24.1 Å². The molecule has 0 aliphatic carbocycles. The molecule has 1 aromatic carbocycles. The predicted octanol–water partition coefficient (Wildman–Crippen LogP) is 4.46. The van der Waals surface area contributed by atoms with Gasteiger partial charge in [-0.15, -0.1) is 11.3 Å². The van der Waals surface area contributed by atoms with Crippen LogP contribution in [-0.2, 0) is 13.0 Å². The number of thiophene rings is 1. The largest absolute Gasteiger partial charge is 0.478 e. The maximum atomic E-state index is 13.0. The third kappa shape index (κ3) is 3.42. The van der Waals surface area contributed by atoms with Crippen molar-refractivity contribution in [2.24, 2.45) is 0 Å². The fourth-order valence-corrected chi connectivity index (χ4v) is 3.86. The Morgan fingerprint density at radius 2 is 2.08 bits per heavy atom. The van der Waals surface area contributed by atoms with Crippen LogP contribution in [0.1, 0.15) is 35.1 Å². The van der Waals surface area contributed by atoms with Crippen LogP contribution in [0, 0.1) is 0 Å². The molecule has 1 N–H and O–H groups in total. The number of carboxylic acid groups (broad SMARTS) is 1. The van der Waals surface area contributed by atoms with E-state index in [0.29, 0.717) is 27.1 Å². The lowest BCUT2D eigenvalue weighted by Gasteiger charge is -2.13. The second-order valence-corrected chi connectivity index (χ2v) is 7.22. The van der Waals surface area contributed by atoms with E-state index in [-0.39, 0.29) is 23.1 Å². The number of carboxylic acids is 1. The zero-order chi connectivity index (χ0) is 18.1.